The SMILES string of the molecule is CC(=O)N1CC2=C(C1=O)[C@H](c1cnn3cccnc13)c1cn(C(C)C)c3cccc(c13)N2. The molecule has 8 nitrogen and oxygen atoms in total. The maximum atomic E-state index is 13.5. The lowest BCUT2D eigenvalue weighted by molar-refractivity contribution is -0.139. The number of nitrogens with one attached hydrogen (secondary N) is 1. The van der Waals surface area contributed by atoms with Gasteiger partial charge in [0.25, 0.3) is 5.91 Å². The third kappa shape index (κ3) is 2.43. The monoisotopic (exact) mass is 426 g/mol. The van der Waals surface area contributed by atoms with Gasteiger partial charge in [0.2, 0.25) is 5.91 Å². The molecule has 1 N–H and O–H groups in total. The van der Waals surface area contributed by atoms with E-state index in [9.17, 15) is 9.59 Å². The number of benzene rings is 1. The molecule has 8 heteroatoms. The van der Waals surface area contributed by atoms with E-state index in [1.807, 2.05) is 24.4 Å². The van der Waals surface area contributed by atoms with E-state index >= 15 is 0 Å². The Balaban J connectivity index is 1.70. The molecule has 160 valence electrons. The zero-order valence-electron chi connectivity index (χ0n) is 18.0. The number of amides is 2. The van der Waals surface area contributed by atoms with Crippen molar-refractivity contribution >= 4 is 34.1 Å². The second kappa shape index (κ2) is 6.53. The van der Waals surface area contributed by atoms with Gasteiger partial charge >= 0.3 is 0 Å². The molecular formula is C24H22N6O2. The lowest BCUT2D eigenvalue weighted by Gasteiger charge is -2.18. The molecule has 4 aromatic rings. The molecule has 6 rings (SSSR count). The first-order valence-corrected chi connectivity index (χ1v) is 10.7. The lowest BCUT2D eigenvalue weighted by Crippen LogP contribution is -2.33. The maximum absolute atomic E-state index is 13.5. The molecule has 0 aliphatic carbocycles. The van der Waals surface area contributed by atoms with Gasteiger partial charge in [-0.3, -0.25) is 14.5 Å². The van der Waals surface area contributed by atoms with Gasteiger partial charge in [-0.25, -0.2) is 9.50 Å². The van der Waals surface area contributed by atoms with Gasteiger partial charge in [-0.2, -0.15) is 5.10 Å². The molecular weight excluding hydrogens is 404 g/mol. The van der Waals surface area contributed by atoms with E-state index < -0.39 is 5.92 Å². The molecule has 2 aliphatic heterocycles. The number of carbonyl (C=O) groups is 2. The predicted molar refractivity (Wildman–Crippen MR) is 120 cm³/mol. The van der Waals surface area contributed by atoms with Crippen molar-refractivity contribution in [1.82, 2.24) is 24.1 Å². The number of carbonyl (C=O) groups excluding carboxylic acids is 2. The molecule has 0 spiro atoms. The summed E-state index contributed by atoms with van der Waals surface area (Å²) in [6.45, 7) is 5.95. The quantitative estimate of drug-likeness (QED) is 0.531. The number of aromatic nitrogens is 4. The van der Waals surface area contributed by atoms with Crippen LogP contribution in [0, 0.1) is 0 Å². The lowest BCUT2D eigenvalue weighted by atomic mass is 9.85. The van der Waals surface area contributed by atoms with Gasteiger partial charge in [-0.15, -0.1) is 0 Å². The number of rotatable bonds is 2. The smallest absolute Gasteiger partial charge is 0.259 e. The molecule has 2 aliphatic rings. The molecule has 0 bridgehead atoms. The normalized spacial score (nSPS) is 17.9. The van der Waals surface area contributed by atoms with E-state index in [-0.39, 0.29) is 24.4 Å². The van der Waals surface area contributed by atoms with Gasteiger partial charge in [-0.1, -0.05) is 6.07 Å². The topological polar surface area (TPSA) is 84.5 Å². The summed E-state index contributed by atoms with van der Waals surface area (Å²) in [5.74, 6) is -0.925. The highest BCUT2D eigenvalue weighted by atomic mass is 16.2. The summed E-state index contributed by atoms with van der Waals surface area (Å²) in [6.07, 6.45) is 7.49. The molecule has 0 radical (unpaired) electrons. The average molecular weight is 426 g/mol. The van der Waals surface area contributed by atoms with Crippen LogP contribution in [0.3, 0.4) is 0 Å². The van der Waals surface area contributed by atoms with Gasteiger partial charge in [0.1, 0.15) is 0 Å². The number of fused-ring (bicyclic) bond motifs is 1. The van der Waals surface area contributed by atoms with Crippen molar-refractivity contribution in [1.29, 1.82) is 0 Å². The maximum Gasteiger partial charge on any atom is 0.259 e. The Labute approximate surface area is 184 Å². The Bertz CT molecular complexity index is 1470. The minimum absolute atomic E-state index is 0.234. The van der Waals surface area contributed by atoms with E-state index in [0.717, 1.165) is 33.4 Å². The Morgan fingerprint density at radius 1 is 1.22 bits per heavy atom. The van der Waals surface area contributed by atoms with E-state index in [1.54, 1.807) is 16.9 Å². The molecule has 0 fully saturated rings. The number of hydrogen-bond donors (Lipinski definition) is 1. The summed E-state index contributed by atoms with van der Waals surface area (Å²) >= 11 is 0. The van der Waals surface area contributed by atoms with E-state index in [4.69, 9.17) is 0 Å². The fourth-order valence-electron chi connectivity index (χ4n) is 5.03. The van der Waals surface area contributed by atoms with Gasteiger partial charge in [0.15, 0.2) is 5.65 Å². The van der Waals surface area contributed by atoms with Gasteiger partial charge in [0, 0.05) is 59.8 Å². The minimum atomic E-state index is -0.395. The van der Waals surface area contributed by atoms with Crippen LogP contribution >= 0.6 is 0 Å². The minimum Gasteiger partial charge on any atom is -0.356 e. The van der Waals surface area contributed by atoms with Crippen LogP contribution in [0.5, 0.6) is 0 Å². The van der Waals surface area contributed by atoms with Crippen LogP contribution in [0.15, 0.2) is 60.3 Å². The average Bonchev–Trinajstić information content (AvgIpc) is 3.42. The first-order chi connectivity index (χ1) is 15.5. The van der Waals surface area contributed by atoms with Crippen LogP contribution in [0.2, 0.25) is 0 Å². The molecule has 32 heavy (non-hydrogen) atoms. The Kier molecular flexibility index (Phi) is 3.83. The Hall–Kier alpha value is -3.94. The van der Waals surface area contributed by atoms with Crippen LogP contribution in [0.1, 0.15) is 43.9 Å². The Morgan fingerprint density at radius 2 is 2.06 bits per heavy atom. The summed E-state index contributed by atoms with van der Waals surface area (Å²) in [5, 5.41) is 9.07. The number of imide groups is 1. The first kappa shape index (κ1) is 18.8. The van der Waals surface area contributed by atoms with Crippen LogP contribution in [0.4, 0.5) is 5.69 Å². The number of anilines is 1. The van der Waals surface area contributed by atoms with Crippen molar-refractivity contribution < 1.29 is 9.59 Å². The number of hydrogen-bond acceptors (Lipinski definition) is 5. The van der Waals surface area contributed by atoms with E-state index in [0.29, 0.717) is 11.2 Å². The highest BCUT2D eigenvalue weighted by Gasteiger charge is 2.42. The van der Waals surface area contributed by atoms with Crippen LogP contribution < -0.4 is 5.32 Å². The third-order valence-electron chi connectivity index (χ3n) is 6.44. The highest BCUT2D eigenvalue weighted by Crippen LogP contribution is 2.47. The zero-order chi connectivity index (χ0) is 22.1. The number of nitrogens with zero attached hydrogens (tertiary/aromatic N) is 5. The van der Waals surface area contributed by atoms with E-state index in [2.05, 4.69) is 46.1 Å². The summed E-state index contributed by atoms with van der Waals surface area (Å²) < 4.78 is 3.95. The summed E-state index contributed by atoms with van der Waals surface area (Å²) in [6, 6.07) is 8.22. The molecule has 2 amide bonds. The molecule has 0 saturated heterocycles. The van der Waals surface area contributed by atoms with Crippen molar-refractivity contribution in [3.63, 3.8) is 0 Å². The molecule has 1 atom stereocenters. The van der Waals surface area contributed by atoms with Crippen molar-refractivity contribution in [3.8, 4) is 0 Å². The second-order valence-corrected chi connectivity index (χ2v) is 8.63. The largest absolute Gasteiger partial charge is 0.356 e. The highest BCUT2D eigenvalue weighted by molar-refractivity contribution is 6.11. The first-order valence-electron chi connectivity index (χ1n) is 10.7. The molecule has 1 aromatic carbocycles. The van der Waals surface area contributed by atoms with Crippen molar-refractivity contribution in [3.05, 3.63) is 71.4 Å². The molecule has 0 saturated carbocycles. The summed E-state index contributed by atoms with van der Waals surface area (Å²) in [4.78, 5) is 31.6. The van der Waals surface area contributed by atoms with Crippen molar-refractivity contribution in [2.75, 3.05) is 11.9 Å². The molecule has 5 heterocycles. The Morgan fingerprint density at radius 3 is 2.84 bits per heavy atom. The predicted octanol–water partition coefficient (Wildman–Crippen LogP) is 3.47. The summed E-state index contributed by atoms with van der Waals surface area (Å²) in [7, 11) is 0. The van der Waals surface area contributed by atoms with Gasteiger partial charge < -0.3 is 9.88 Å². The third-order valence-corrected chi connectivity index (χ3v) is 6.44. The van der Waals surface area contributed by atoms with Crippen LogP contribution in [-0.2, 0) is 9.59 Å². The summed E-state index contributed by atoms with van der Waals surface area (Å²) in [5.41, 5.74) is 5.94. The van der Waals surface area contributed by atoms with Crippen LogP contribution in [-0.4, -0.2) is 42.4 Å². The molecule has 3 aromatic heterocycles. The second-order valence-electron chi connectivity index (χ2n) is 8.63. The van der Waals surface area contributed by atoms with E-state index in [1.165, 1.54) is 11.8 Å². The fourth-order valence-corrected chi connectivity index (χ4v) is 5.03. The standard InChI is InChI=1S/C24H22N6O2/c1-13(2)28-11-16-20(15-10-26-30-9-5-8-25-23(15)30)22-18(12-29(14(3)31)24(22)32)27-17-6-4-7-19(28)21(16)17/h4-11,13,20,27H,12H2,1-3H3/t20-/m1/s1. The fraction of sp³-hybridized carbons (Fsp3) is 0.250. The zero-order valence-corrected chi connectivity index (χ0v) is 18.0. The molecule has 0 unspecified atom stereocenters. The van der Waals surface area contributed by atoms with Gasteiger partial charge in [0.05, 0.1) is 23.8 Å². The van der Waals surface area contributed by atoms with Crippen LogP contribution in [0.25, 0.3) is 16.6 Å². The van der Waals surface area contributed by atoms with Crippen molar-refractivity contribution in [2.24, 2.45) is 0 Å². The van der Waals surface area contributed by atoms with Gasteiger partial charge in [-0.05, 0) is 37.6 Å². The van der Waals surface area contributed by atoms with Crippen molar-refractivity contribution in [2.45, 2.75) is 32.7 Å².